The van der Waals surface area contributed by atoms with E-state index >= 15 is 0 Å². The lowest BCUT2D eigenvalue weighted by atomic mass is 10.0. The van der Waals surface area contributed by atoms with Crippen molar-refractivity contribution in [3.8, 4) is 0 Å². The number of carbonyl (C=O) groups is 2. The molecule has 0 aromatic carbocycles. The molecule has 0 radical (unpaired) electrons. The molecule has 1 aromatic rings. The van der Waals surface area contributed by atoms with E-state index in [4.69, 9.17) is 21.1 Å². The van der Waals surface area contributed by atoms with Gasteiger partial charge in [0, 0.05) is 6.20 Å². The average molecular weight is 329 g/mol. The normalized spacial score (nSPS) is 12.5. The molecule has 1 N–H and O–H groups in total. The maximum absolute atomic E-state index is 11.9. The van der Waals surface area contributed by atoms with Crippen molar-refractivity contribution in [2.45, 2.75) is 45.8 Å². The van der Waals surface area contributed by atoms with E-state index < -0.39 is 23.7 Å². The third-order valence-corrected chi connectivity index (χ3v) is 2.93. The molecule has 0 spiro atoms. The lowest BCUT2D eigenvalue weighted by molar-refractivity contribution is 0.0494. The first-order chi connectivity index (χ1) is 10.2. The highest BCUT2D eigenvalue weighted by atomic mass is 35.5. The van der Waals surface area contributed by atoms with Gasteiger partial charge in [0.25, 0.3) is 0 Å². The van der Waals surface area contributed by atoms with E-state index in [2.05, 4.69) is 10.3 Å². The van der Waals surface area contributed by atoms with Crippen molar-refractivity contribution < 1.29 is 19.1 Å². The van der Waals surface area contributed by atoms with Crippen LogP contribution in [0, 0.1) is 0 Å². The van der Waals surface area contributed by atoms with Crippen molar-refractivity contribution in [1.82, 2.24) is 10.3 Å². The van der Waals surface area contributed by atoms with Crippen molar-refractivity contribution in [1.29, 1.82) is 0 Å². The Morgan fingerprint density at radius 2 is 2.05 bits per heavy atom. The summed E-state index contributed by atoms with van der Waals surface area (Å²) in [7, 11) is 1.27. The molecule has 7 heteroatoms. The summed E-state index contributed by atoms with van der Waals surface area (Å²) < 4.78 is 9.95. The lowest BCUT2D eigenvalue weighted by Crippen LogP contribution is -2.35. The third kappa shape index (κ3) is 5.18. The minimum atomic E-state index is -0.610. The highest BCUT2D eigenvalue weighted by Crippen LogP contribution is 2.23. The summed E-state index contributed by atoms with van der Waals surface area (Å²) in [4.78, 5) is 27.9. The monoisotopic (exact) mass is 328 g/mol. The Balaban J connectivity index is 3.05. The number of halogens is 1. The molecule has 0 saturated carbocycles. The van der Waals surface area contributed by atoms with Crippen LogP contribution in [-0.2, 0) is 9.47 Å². The molecule has 0 aliphatic heterocycles. The fraction of sp³-hybridized carbons (Fsp3) is 0.533. The zero-order valence-electron chi connectivity index (χ0n) is 13.4. The fourth-order valence-corrected chi connectivity index (χ4v) is 1.97. The van der Waals surface area contributed by atoms with Gasteiger partial charge in [0.05, 0.1) is 29.4 Å². The second-order valence-corrected chi connectivity index (χ2v) is 6.12. The van der Waals surface area contributed by atoms with Crippen LogP contribution in [0.5, 0.6) is 0 Å². The second kappa shape index (κ2) is 7.45. The zero-order valence-corrected chi connectivity index (χ0v) is 14.2. The van der Waals surface area contributed by atoms with Gasteiger partial charge in [-0.15, -0.1) is 0 Å². The molecule has 0 saturated heterocycles. The standard InChI is InChI=1S/C15H21ClN2O4/c1-6-11(18-14(20)22-15(2,3)4)12-10(13(19)21-5)7-9(16)8-17-12/h7-8,11H,6H2,1-5H3,(H,18,20). The molecule has 1 heterocycles. The number of ether oxygens (including phenoxy) is 2. The first kappa shape index (κ1) is 18.2. The molecule has 0 fully saturated rings. The predicted octanol–water partition coefficient (Wildman–Crippen LogP) is 3.50. The molecule has 122 valence electrons. The summed E-state index contributed by atoms with van der Waals surface area (Å²) >= 11 is 5.88. The Bertz CT molecular complexity index is 555. The largest absolute Gasteiger partial charge is 0.465 e. The first-order valence-corrected chi connectivity index (χ1v) is 7.29. The van der Waals surface area contributed by atoms with E-state index in [0.29, 0.717) is 17.1 Å². The highest BCUT2D eigenvalue weighted by Gasteiger charge is 2.24. The van der Waals surface area contributed by atoms with Gasteiger partial charge in [0.1, 0.15) is 5.60 Å². The SMILES string of the molecule is CCC(NC(=O)OC(C)(C)C)c1ncc(Cl)cc1C(=O)OC. The molecule has 0 bridgehead atoms. The molecular formula is C15H21ClN2O4. The number of carbonyl (C=O) groups excluding carboxylic acids is 2. The van der Waals surface area contributed by atoms with Gasteiger partial charge in [-0.3, -0.25) is 4.98 Å². The van der Waals surface area contributed by atoms with Crippen molar-refractivity contribution in [2.24, 2.45) is 0 Å². The predicted molar refractivity (Wildman–Crippen MR) is 83.0 cm³/mol. The van der Waals surface area contributed by atoms with Gasteiger partial charge >= 0.3 is 12.1 Å². The van der Waals surface area contributed by atoms with Gasteiger partial charge in [-0.2, -0.15) is 0 Å². The Labute approximate surface area is 135 Å². The van der Waals surface area contributed by atoms with Gasteiger partial charge in [0.15, 0.2) is 0 Å². The molecular weight excluding hydrogens is 308 g/mol. The smallest absolute Gasteiger partial charge is 0.408 e. The van der Waals surface area contributed by atoms with Crippen LogP contribution < -0.4 is 5.32 Å². The van der Waals surface area contributed by atoms with E-state index in [1.165, 1.54) is 19.4 Å². The van der Waals surface area contributed by atoms with Gasteiger partial charge < -0.3 is 14.8 Å². The molecule has 1 amide bonds. The topological polar surface area (TPSA) is 77.5 Å². The zero-order chi connectivity index (χ0) is 16.9. The minimum Gasteiger partial charge on any atom is -0.465 e. The first-order valence-electron chi connectivity index (χ1n) is 6.91. The summed E-state index contributed by atoms with van der Waals surface area (Å²) in [6, 6.07) is 0.982. The van der Waals surface area contributed by atoms with E-state index in [1.807, 2.05) is 6.92 Å². The van der Waals surface area contributed by atoms with E-state index in [0.717, 1.165) is 0 Å². The van der Waals surface area contributed by atoms with Crippen molar-refractivity contribution >= 4 is 23.7 Å². The summed E-state index contributed by atoms with van der Waals surface area (Å²) in [5.74, 6) is -0.561. The Morgan fingerprint density at radius 1 is 1.41 bits per heavy atom. The Hall–Kier alpha value is -1.82. The summed E-state index contributed by atoms with van der Waals surface area (Å²) in [6.07, 6.45) is 1.37. The van der Waals surface area contributed by atoms with E-state index in [1.54, 1.807) is 20.8 Å². The molecule has 1 aromatic heterocycles. The van der Waals surface area contributed by atoms with E-state index in [9.17, 15) is 9.59 Å². The van der Waals surface area contributed by atoms with Crippen LogP contribution >= 0.6 is 11.6 Å². The van der Waals surface area contributed by atoms with Crippen LogP contribution in [0.2, 0.25) is 5.02 Å². The molecule has 6 nitrogen and oxygen atoms in total. The molecule has 0 aliphatic rings. The number of esters is 1. The number of rotatable bonds is 4. The average Bonchev–Trinajstić information content (AvgIpc) is 2.42. The number of nitrogens with zero attached hydrogens (tertiary/aromatic N) is 1. The fourth-order valence-electron chi connectivity index (χ4n) is 1.81. The van der Waals surface area contributed by atoms with Crippen LogP contribution in [0.4, 0.5) is 4.79 Å². The summed E-state index contributed by atoms with van der Waals surface area (Å²) in [6.45, 7) is 7.18. The molecule has 22 heavy (non-hydrogen) atoms. The van der Waals surface area contributed by atoms with Crippen molar-refractivity contribution in [3.63, 3.8) is 0 Å². The number of pyridine rings is 1. The third-order valence-electron chi connectivity index (χ3n) is 2.72. The van der Waals surface area contributed by atoms with Crippen LogP contribution in [-0.4, -0.2) is 29.8 Å². The Morgan fingerprint density at radius 3 is 2.55 bits per heavy atom. The van der Waals surface area contributed by atoms with Gasteiger partial charge in [-0.05, 0) is 33.3 Å². The van der Waals surface area contributed by atoms with Gasteiger partial charge in [-0.25, -0.2) is 9.59 Å². The lowest BCUT2D eigenvalue weighted by Gasteiger charge is -2.23. The van der Waals surface area contributed by atoms with Crippen LogP contribution in [0.25, 0.3) is 0 Å². The molecule has 0 aliphatic carbocycles. The molecule has 1 rings (SSSR count). The molecule has 1 atom stereocenters. The number of amides is 1. The second-order valence-electron chi connectivity index (χ2n) is 5.68. The summed E-state index contributed by atoms with van der Waals surface area (Å²) in [5.41, 5.74) is 0.00330. The minimum absolute atomic E-state index is 0.220. The van der Waals surface area contributed by atoms with Gasteiger partial charge in [-0.1, -0.05) is 18.5 Å². The van der Waals surface area contributed by atoms with Crippen molar-refractivity contribution in [2.75, 3.05) is 7.11 Å². The van der Waals surface area contributed by atoms with Crippen molar-refractivity contribution in [3.05, 3.63) is 28.5 Å². The van der Waals surface area contributed by atoms with E-state index in [-0.39, 0.29) is 5.56 Å². The Kier molecular flexibility index (Phi) is 6.17. The quantitative estimate of drug-likeness (QED) is 0.856. The summed E-state index contributed by atoms with van der Waals surface area (Å²) in [5, 5.41) is 3.02. The molecule has 1 unspecified atom stereocenters. The number of alkyl carbamates (subject to hydrolysis) is 1. The number of nitrogens with one attached hydrogen (secondary N) is 1. The van der Waals surface area contributed by atoms with Crippen LogP contribution in [0.1, 0.15) is 56.2 Å². The number of aromatic nitrogens is 1. The maximum atomic E-state index is 11.9. The van der Waals surface area contributed by atoms with Crippen LogP contribution in [0.15, 0.2) is 12.3 Å². The number of hydrogen-bond donors (Lipinski definition) is 1. The maximum Gasteiger partial charge on any atom is 0.408 e. The van der Waals surface area contributed by atoms with Gasteiger partial charge in [0.2, 0.25) is 0 Å². The highest BCUT2D eigenvalue weighted by molar-refractivity contribution is 6.30. The number of methoxy groups -OCH3 is 1. The van der Waals surface area contributed by atoms with Crippen LogP contribution in [0.3, 0.4) is 0 Å². The number of hydrogen-bond acceptors (Lipinski definition) is 5.